The van der Waals surface area contributed by atoms with Crippen LogP contribution in [-0.2, 0) is 28.5 Å². The number of carbonyl (C=O) groups excluding carboxylic acids is 2. The number of esters is 2. The van der Waals surface area contributed by atoms with Crippen molar-refractivity contribution < 1.29 is 82.7 Å². The molecule has 1 saturated carbocycles. The van der Waals surface area contributed by atoms with Gasteiger partial charge in [-0.3, -0.25) is 9.59 Å². The van der Waals surface area contributed by atoms with Crippen molar-refractivity contribution in [3.05, 3.63) is 0 Å². The molecular weight excluding hydrogens is 642 g/mol. The van der Waals surface area contributed by atoms with Crippen LogP contribution in [0.5, 0.6) is 0 Å². The lowest BCUT2D eigenvalue weighted by Crippen LogP contribution is -2.65. The maximum Gasteiger partial charge on any atom is 0.449 e. The van der Waals surface area contributed by atoms with E-state index in [1.54, 1.807) is 13.8 Å². The van der Waals surface area contributed by atoms with Crippen LogP contribution < -0.4 is 0 Å². The summed E-state index contributed by atoms with van der Waals surface area (Å²) in [6.07, 6.45) is -12.9. The number of halogens is 10. The minimum absolute atomic E-state index is 0.142. The Kier molecular flexibility index (Phi) is 10.2. The van der Waals surface area contributed by atoms with E-state index in [1.807, 2.05) is 0 Å². The van der Waals surface area contributed by atoms with Crippen LogP contribution >= 0.6 is 0 Å². The lowest BCUT2D eigenvalue weighted by Gasteiger charge is -2.42. The van der Waals surface area contributed by atoms with Gasteiger partial charge in [0.15, 0.2) is 0 Å². The molecule has 1 aliphatic carbocycles. The molecule has 3 fully saturated rings. The molecule has 45 heavy (non-hydrogen) atoms. The van der Waals surface area contributed by atoms with Crippen molar-refractivity contribution in [3.63, 3.8) is 0 Å². The third kappa shape index (κ3) is 6.01. The van der Waals surface area contributed by atoms with Crippen molar-refractivity contribution in [2.45, 2.75) is 140 Å². The SMILES string of the molecule is CCC(C)(C)C(=O)OC1(C)COC(O)(C(F)(F)F)C1(F)F.CCC(C)(C)C(=O)OC12CCCCC1OC(O)(C(F)(F)F)C2(F)F. The maximum atomic E-state index is 14.8. The first-order valence-corrected chi connectivity index (χ1v) is 14.0. The quantitative estimate of drug-likeness (QED) is 0.252. The molecule has 0 aromatic rings. The fourth-order valence-electron chi connectivity index (χ4n) is 4.69. The van der Waals surface area contributed by atoms with Crippen molar-refractivity contribution >= 4 is 11.9 Å². The molecule has 0 aromatic heterocycles. The van der Waals surface area contributed by atoms with Crippen LogP contribution in [0.25, 0.3) is 0 Å². The van der Waals surface area contributed by atoms with E-state index in [1.165, 1.54) is 27.7 Å². The van der Waals surface area contributed by atoms with Crippen LogP contribution in [0.1, 0.15) is 87.0 Å². The van der Waals surface area contributed by atoms with Crippen molar-refractivity contribution in [1.82, 2.24) is 0 Å². The number of ether oxygens (including phenoxy) is 4. The largest absolute Gasteiger partial charge is 0.450 e. The second-order valence-corrected chi connectivity index (χ2v) is 12.9. The molecule has 18 heteroatoms. The summed E-state index contributed by atoms with van der Waals surface area (Å²) in [7, 11) is 0. The Morgan fingerprint density at radius 3 is 1.62 bits per heavy atom. The first kappa shape index (κ1) is 39.3. The van der Waals surface area contributed by atoms with E-state index in [0.717, 1.165) is 0 Å². The van der Waals surface area contributed by atoms with E-state index >= 15 is 0 Å². The highest BCUT2D eigenvalue weighted by Crippen LogP contribution is 2.61. The van der Waals surface area contributed by atoms with E-state index < -0.39 is 88.9 Å². The monoisotopic (exact) mass is 680 g/mol. The van der Waals surface area contributed by atoms with Gasteiger partial charge >= 0.3 is 47.7 Å². The Morgan fingerprint density at radius 1 is 0.778 bits per heavy atom. The van der Waals surface area contributed by atoms with Crippen molar-refractivity contribution in [2.75, 3.05) is 6.61 Å². The van der Waals surface area contributed by atoms with Crippen LogP contribution in [0.2, 0.25) is 0 Å². The third-order valence-electron chi connectivity index (χ3n) is 8.93. The van der Waals surface area contributed by atoms with E-state index in [4.69, 9.17) is 4.74 Å². The molecule has 2 aliphatic heterocycles. The molecule has 5 atom stereocenters. The van der Waals surface area contributed by atoms with Crippen molar-refractivity contribution in [3.8, 4) is 0 Å². The van der Waals surface area contributed by atoms with Gasteiger partial charge in [-0.2, -0.15) is 43.9 Å². The summed E-state index contributed by atoms with van der Waals surface area (Å²) in [6, 6.07) is 0. The molecule has 3 rings (SSSR count). The van der Waals surface area contributed by atoms with E-state index in [0.29, 0.717) is 13.3 Å². The molecular formula is C27H38F10O8. The van der Waals surface area contributed by atoms with E-state index in [2.05, 4.69) is 14.2 Å². The van der Waals surface area contributed by atoms with Gasteiger partial charge in [-0.1, -0.05) is 20.3 Å². The van der Waals surface area contributed by atoms with Gasteiger partial charge in [0, 0.05) is 0 Å². The van der Waals surface area contributed by atoms with Gasteiger partial charge in [-0.15, -0.1) is 0 Å². The van der Waals surface area contributed by atoms with Crippen LogP contribution in [0, 0.1) is 10.8 Å². The second kappa shape index (κ2) is 11.6. The standard InChI is InChI=1S/C15H21F5O4.C12H17F5O4/c1-4-11(2,3)10(21)24-12-8-6-5-7-9(12)23-14(22,13(12,16)17)15(18,19)20;1-5-8(2,3)7(18)21-9(4)6-20-11(19,10(9,13)14)12(15,16)17/h9,22H,4-8H2,1-3H3;19H,5-6H2,1-4H3. The summed E-state index contributed by atoms with van der Waals surface area (Å²) < 4.78 is 153. The fourth-order valence-corrected chi connectivity index (χ4v) is 4.69. The van der Waals surface area contributed by atoms with Crippen LogP contribution in [0.15, 0.2) is 0 Å². The van der Waals surface area contributed by atoms with E-state index in [9.17, 15) is 63.7 Å². The third-order valence-corrected chi connectivity index (χ3v) is 8.93. The second-order valence-electron chi connectivity index (χ2n) is 12.9. The summed E-state index contributed by atoms with van der Waals surface area (Å²) in [6.45, 7) is 8.26. The Bertz CT molecular complexity index is 1120. The minimum Gasteiger partial charge on any atom is -0.450 e. The van der Waals surface area contributed by atoms with Gasteiger partial charge in [-0.05, 0) is 66.7 Å². The summed E-state index contributed by atoms with van der Waals surface area (Å²) in [5.41, 5.74) is -8.04. The molecule has 264 valence electrons. The molecule has 8 nitrogen and oxygen atoms in total. The van der Waals surface area contributed by atoms with E-state index in [-0.39, 0.29) is 25.7 Å². The molecule has 0 aromatic carbocycles. The summed E-state index contributed by atoms with van der Waals surface area (Å²) >= 11 is 0. The molecule has 2 N–H and O–H groups in total. The zero-order chi connectivity index (χ0) is 35.5. The fraction of sp³-hybridized carbons (Fsp3) is 0.926. The van der Waals surface area contributed by atoms with Gasteiger partial charge < -0.3 is 29.2 Å². The van der Waals surface area contributed by atoms with Gasteiger partial charge in [0.25, 0.3) is 0 Å². The lowest BCUT2D eigenvalue weighted by molar-refractivity contribution is -0.412. The molecule has 2 saturated heterocycles. The highest BCUT2D eigenvalue weighted by atomic mass is 19.4. The maximum absolute atomic E-state index is 14.8. The normalized spacial score (nSPS) is 34.8. The van der Waals surface area contributed by atoms with Gasteiger partial charge in [0.05, 0.1) is 17.4 Å². The first-order valence-electron chi connectivity index (χ1n) is 14.0. The topological polar surface area (TPSA) is 112 Å². The number of hydrogen-bond donors (Lipinski definition) is 2. The Labute approximate surface area is 252 Å². The average Bonchev–Trinajstić information content (AvgIpc) is 3.20. The van der Waals surface area contributed by atoms with Crippen LogP contribution in [0.4, 0.5) is 43.9 Å². The number of rotatable bonds is 6. The van der Waals surface area contributed by atoms with Crippen molar-refractivity contribution in [2.24, 2.45) is 10.8 Å². The zero-order valence-electron chi connectivity index (χ0n) is 25.7. The molecule has 5 unspecified atom stereocenters. The van der Waals surface area contributed by atoms with Gasteiger partial charge in [-0.25, -0.2) is 0 Å². The number of carbonyl (C=O) groups is 2. The smallest absolute Gasteiger partial charge is 0.449 e. The predicted molar refractivity (Wildman–Crippen MR) is 133 cm³/mol. The van der Waals surface area contributed by atoms with Gasteiger partial charge in [0.1, 0.15) is 6.10 Å². The van der Waals surface area contributed by atoms with Crippen LogP contribution in [-0.4, -0.2) is 81.8 Å². The lowest BCUT2D eigenvalue weighted by atomic mass is 9.77. The highest BCUT2D eigenvalue weighted by Gasteiger charge is 2.87. The zero-order valence-corrected chi connectivity index (χ0v) is 25.7. The number of fused-ring (bicyclic) bond motifs is 1. The molecule has 3 aliphatic rings. The minimum atomic E-state index is -5.74. The Morgan fingerprint density at radius 2 is 1.22 bits per heavy atom. The predicted octanol–water partition coefficient (Wildman–Crippen LogP) is 6.20. The summed E-state index contributed by atoms with van der Waals surface area (Å²) in [5.74, 6) is -21.2. The molecule has 2 heterocycles. The summed E-state index contributed by atoms with van der Waals surface area (Å²) in [4.78, 5) is 24.1. The molecule has 0 amide bonds. The molecule has 0 bridgehead atoms. The number of aliphatic hydroxyl groups is 2. The number of hydrogen-bond acceptors (Lipinski definition) is 8. The Balaban J connectivity index is 0.000000317. The van der Waals surface area contributed by atoms with Crippen molar-refractivity contribution in [1.29, 1.82) is 0 Å². The Hall–Kier alpha value is -1.92. The number of alkyl halides is 10. The van der Waals surface area contributed by atoms with Gasteiger partial charge in [0.2, 0.25) is 11.2 Å². The first-order chi connectivity index (χ1) is 19.9. The molecule has 0 radical (unpaired) electrons. The average molecular weight is 681 g/mol. The van der Waals surface area contributed by atoms with Crippen LogP contribution in [0.3, 0.4) is 0 Å². The highest BCUT2D eigenvalue weighted by molar-refractivity contribution is 5.77. The molecule has 0 spiro atoms. The summed E-state index contributed by atoms with van der Waals surface area (Å²) in [5, 5.41) is 18.8.